The first kappa shape index (κ1) is 18.7. The van der Waals surface area contributed by atoms with Crippen molar-refractivity contribution in [1.82, 2.24) is 15.1 Å². The van der Waals surface area contributed by atoms with Crippen LogP contribution in [0.1, 0.15) is 16.9 Å². The Kier molecular flexibility index (Phi) is 6.52. The molecule has 5 nitrogen and oxygen atoms in total. The quantitative estimate of drug-likeness (QED) is 0.868. The molecule has 2 heterocycles. The molecule has 1 aromatic heterocycles. The molecule has 26 heavy (non-hydrogen) atoms. The summed E-state index contributed by atoms with van der Waals surface area (Å²) >= 11 is 7.72. The van der Waals surface area contributed by atoms with E-state index in [1.807, 2.05) is 46.7 Å². The molecular formula is C19H22ClN3O2S. The van der Waals surface area contributed by atoms with Gasteiger partial charge in [-0.3, -0.25) is 4.79 Å². The van der Waals surface area contributed by atoms with E-state index in [-0.39, 0.29) is 11.9 Å². The Morgan fingerprint density at radius 1 is 1.04 bits per heavy atom. The van der Waals surface area contributed by atoms with E-state index in [0.29, 0.717) is 44.2 Å². The fraction of sp³-hybridized carbons (Fsp3) is 0.368. The SMILES string of the molecule is O=C(Cc1cccs1)N1CCCN(C(=O)NCc2ccccc2Cl)CC1. The predicted molar refractivity (Wildman–Crippen MR) is 104 cm³/mol. The average molecular weight is 392 g/mol. The van der Waals surface area contributed by atoms with Gasteiger partial charge in [0.15, 0.2) is 0 Å². The summed E-state index contributed by atoms with van der Waals surface area (Å²) in [4.78, 5) is 29.6. The maximum absolute atomic E-state index is 12.4. The van der Waals surface area contributed by atoms with Crippen LogP contribution in [0, 0.1) is 0 Å². The zero-order valence-corrected chi connectivity index (χ0v) is 16.1. The van der Waals surface area contributed by atoms with Crippen LogP contribution in [0.4, 0.5) is 4.79 Å². The van der Waals surface area contributed by atoms with E-state index in [2.05, 4.69) is 5.32 Å². The van der Waals surface area contributed by atoms with Crippen molar-refractivity contribution in [1.29, 1.82) is 0 Å². The van der Waals surface area contributed by atoms with Crippen LogP contribution in [0.5, 0.6) is 0 Å². The van der Waals surface area contributed by atoms with Crippen LogP contribution in [0.2, 0.25) is 5.02 Å². The minimum atomic E-state index is -0.113. The molecule has 1 aliphatic heterocycles. The normalized spacial score (nSPS) is 14.8. The highest BCUT2D eigenvalue weighted by molar-refractivity contribution is 7.10. The van der Waals surface area contributed by atoms with Crippen molar-refractivity contribution in [3.05, 3.63) is 57.2 Å². The molecule has 3 amide bonds. The standard InChI is InChI=1S/C19H22ClN3O2S/c20-17-7-2-1-5-15(17)14-21-19(25)23-9-4-8-22(10-11-23)18(24)13-16-6-3-12-26-16/h1-3,5-7,12H,4,8-11,13-14H2,(H,21,25). The molecule has 0 unspecified atom stereocenters. The molecule has 1 N–H and O–H groups in total. The number of hydrogen-bond acceptors (Lipinski definition) is 3. The van der Waals surface area contributed by atoms with Crippen LogP contribution < -0.4 is 5.32 Å². The second kappa shape index (κ2) is 9.05. The molecule has 7 heteroatoms. The summed E-state index contributed by atoms with van der Waals surface area (Å²) in [6.45, 7) is 2.86. The van der Waals surface area contributed by atoms with Crippen LogP contribution in [0.3, 0.4) is 0 Å². The van der Waals surface area contributed by atoms with Gasteiger partial charge in [0.2, 0.25) is 5.91 Å². The lowest BCUT2D eigenvalue weighted by Gasteiger charge is -2.22. The molecule has 0 aliphatic carbocycles. The Bertz CT molecular complexity index is 751. The largest absolute Gasteiger partial charge is 0.341 e. The summed E-state index contributed by atoms with van der Waals surface area (Å²) in [7, 11) is 0. The number of urea groups is 1. The van der Waals surface area contributed by atoms with Crippen molar-refractivity contribution >= 4 is 34.9 Å². The highest BCUT2D eigenvalue weighted by atomic mass is 35.5. The van der Waals surface area contributed by atoms with E-state index < -0.39 is 0 Å². The Balaban J connectivity index is 1.49. The minimum Gasteiger partial charge on any atom is -0.341 e. The Morgan fingerprint density at radius 2 is 1.81 bits per heavy atom. The molecule has 0 atom stereocenters. The average Bonchev–Trinajstić information content (AvgIpc) is 3.02. The second-order valence-corrected chi connectivity index (χ2v) is 7.67. The summed E-state index contributed by atoms with van der Waals surface area (Å²) in [5.74, 6) is 0.130. The highest BCUT2D eigenvalue weighted by Crippen LogP contribution is 2.15. The smallest absolute Gasteiger partial charge is 0.317 e. The maximum atomic E-state index is 12.4. The van der Waals surface area contributed by atoms with Gasteiger partial charge in [-0.25, -0.2) is 4.79 Å². The number of benzene rings is 1. The van der Waals surface area contributed by atoms with Crippen molar-refractivity contribution in [2.75, 3.05) is 26.2 Å². The van der Waals surface area contributed by atoms with Gasteiger partial charge in [-0.15, -0.1) is 11.3 Å². The predicted octanol–water partition coefficient (Wildman–Crippen LogP) is 3.39. The van der Waals surface area contributed by atoms with Gasteiger partial charge in [-0.2, -0.15) is 0 Å². The van der Waals surface area contributed by atoms with Crippen molar-refractivity contribution in [2.24, 2.45) is 0 Å². The van der Waals surface area contributed by atoms with Crippen LogP contribution in [0.15, 0.2) is 41.8 Å². The molecule has 0 saturated carbocycles. The van der Waals surface area contributed by atoms with Gasteiger partial charge in [0.1, 0.15) is 0 Å². The van der Waals surface area contributed by atoms with Crippen molar-refractivity contribution in [3.63, 3.8) is 0 Å². The van der Waals surface area contributed by atoms with E-state index in [1.54, 1.807) is 16.2 Å². The third-order valence-corrected chi connectivity index (χ3v) is 5.67. The third-order valence-electron chi connectivity index (χ3n) is 4.43. The molecule has 1 aromatic carbocycles. The molecule has 1 aliphatic rings. The zero-order valence-electron chi connectivity index (χ0n) is 14.5. The summed E-state index contributed by atoms with van der Waals surface area (Å²) in [5, 5.41) is 5.55. The van der Waals surface area contributed by atoms with Gasteiger partial charge in [-0.05, 0) is 29.5 Å². The fourth-order valence-corrected chi connectivity index (χ4v) is 3.87. The number of amides is 3. The monoisotopic (exact) mass is 391 g/mol. The summed E-state index contributed by atoms with van der Waals surface area (Å²) < 4.78 is 0. The minimum absolute atomic E-state index is 0.113. The number of nitrogens with zero attached hydrogens (tertiary/aromatic N) is 2. The van der Waals surface area contributed by atoms with E-state index >= 15 is 0 Å². The van der Waals surface area contributed by atoms with Gasteiger partial charge < -0.3 is 15.1 Å². The Morgan fingerprint density at radius 3 is 2.58 bits per heavy atom. The van der Waals surface area contributed by atoms with E-state index in [4.69, 9.17) is 11.6 Å². The third kappa shape index (κ3) is 4.99. The van der Waals surface area contributed by atoms with Crippen molar-refractivity contribution < 1.29 is 9.59 Å². The molecule has 2 aromatic rings. The topological polar surface area (TPSA) is 52.7 Å². The summed E-state index contributed by atoms with van der Waals surface area (Å²) in [6.07, 6.45) is 1.23. The van der Waals surface area contributed by atoms with Gasteiger partial charge >= 0.3 is 6.03 Å². The van der Waals surface area contributed by atoms with Crippen LogP contribution >= 0.6 is 22.9 Å². The van der Waals surface area contributed by atoms with Gasteiger partial charge in [-0.1, -0.05) is 35.9 Å². The first-order valence-corrected chi connectivity index (χ1v) is 9.95. The lowest BCUT2D eigenvalue weighted by atomic mass is 10.2. The molecular weight excluding hydrogens is 370 g/mol. The van der Waals surface area contributed by atoms with Crippen molar-refractivity contribution in [3.8, 4) is 0 Å². The fourth-order valence-electron chi connectivity index (χ4n) is 2.97. The first-order chi connectivity index (χ1) is 12.6. The van der Waals surface area contributed by atoms with Crippen LogP contribution in [-0.4, -0.2) is 47.9 Å². The van der Waals surface area contributed by atoms with Gasteiger partial charge in [0.25, 0.3) is 0 Å². The molecule has 0 spiro atoms. The second-order valence-electron chi connectivity index (χ2n) is 6.23. The molecule has 1 saturated heterocycles. The Labute approximate surface area is 162 Å². The highest BCUT2D eigenvalue weighted by Gasteiger charge is 2.22. The van der Waals surface area contributed by atoms with Crippen LogP contribution in [0.25, 0.3) is 0 Å². The molecule has 138 valence electrons. The molecule has 1 fully saturated rings. The molecule has 3 rings (SSSR count). The number of rotatable bonds is 4. The number of carbonyl (C=O) groups excluding carboxylic acids is 2. The number of hydrogen-bond donors (Lipinski definition) is 1. The first-order valence-electron chi connectivity index (χ1n) is 8.70. The maximum Gasteiger partial charge on any atom is 0.317 e. The van der Waals surface area contributed by atoms with E-state index in [1.165, 1.54) is 0 Å². The lowest BCUT2D eigenvalue weighted by Crippen LogP contribution is -2.42. The molecule has 0 bridgehead atoms. The van der Waals surface area contributed by atoms with Gasteiger partial charge in [0.05, 0.1) is 6.42 Å². The number of nitrogens with one attached hydrogen (secondary N) is 1. The lowest BCUT2D eigenvalue weighted by molar-refractivity contribution is -0.130. The summed E-state index contributed by atoms with van der Waals surface area (Å²) in [6, 6.07) is 11.3. The van der Waals surface area contributed by atoms with Gasteiger partial charge in [0, 0.05) is 42.6 Å². The van der Waals surface area contributed by atoms with E-state index in [0.717, 1.165) is 16.9 Å². The zero-order chi connectivity index (χ0) is 18.4. The van der Waals surface area contributed by atoms with E-state index in [9.17, 15) is 9.59 Å². The van der Waals surface area contributed by atoms with Crippen LogP contribution in [-0.2, 0) is 17.8 Å². The number of halogens is 1. The molecule has 0 radical (unpaired) electrons. The Hall–Kier alpha value is -2.05. The summed E-state index contributed by atoms with van der Waals surface area (Å²) in [5.41, 5.74) is 0.894. The number of thiophene rings is 1. The number of carbonyl (C=O) groups is 2. The van der Waals surface area contributed by atoms with Crippen molar-refractivity contribution in [2.45, 2.75) is 19.4 Å².